The number of rotatable bonds is 16. The van der Waals surface area contributed by atoms with E-state index < -0.39 is 5.92 Å². The molecule has 0 spiro atoms. The highest BCUT2D eigenvalue weighted by molar-refractivity contribution is 6.04. The molecular weight excluding hydrogens is 741 g/mol. The van der Waals surface area contributed by atoms with Gasteiger partial charge in [0.05, 0.1) is 17.6 Å². The number of ketones is 1. The van der Waals surface area contributed by atoms with E-state index in [4.69, 9.17) is 4.74 Å². The molecule has 4 aliphatic rings. The Bertz CT molecular complexity index is 1960. The highest BCUT2D eigenvalue weighted by atomic mass is 16.5. The highest BCUT2D eigenvalue weighted by Gasteiger charge is 2.35. The summed E-state index contributed by atoms with van der Waals surface area (Å²) in [7, 11) is 2.19. The summed E-state index contributed by atoms with van der Waals surface area (Å²) in [4.78, 5) is 63.2. The van der Waals surface area contributed by atoms with Crippen LogP contribution < -0.4 is 0 Å². The normalized spacial score (nSPS) is 19.2. The molecule has 7 rings (SSSR count). The lowest BCUT2D eigenvalue weighted by molar-refractivity contribution is -0.148. The van der Waals surface area contributed by atoms with Crippen molar-refractivity contribution in [3.05, 3.63) is 70.4 Å². The van der Waals surface area contributed by atoms with Gasteiger partial charge in [-0.05, 0) is 111 Å². The third-order valence-electron chi connectivity index (χ3n) is 13.5. The standard InChI is InChI=1S/C48H66N6O5/c1-4-5-6-7-8-9-14-46(57)59-34-54-47-35(2)27-36(29-41(47)33-49-54)28-40(48(58)53-25-23-51(24-26-53)42-17-19-50(3)20-18-42)32-45(56)52-21-15-37(16-22-52)43-30-38-12-10-11-13-39(38)31-44(43)55/h10-13,27,29-30,33,37,40,42H,4-9,14-26,28,31-32,34H2,1-3H3/t40-/m0/s1. The second-order valence-corrected chi connectivity index (χ2v) is 17.7. The fourth-order valence-corrected chi connectivity index (χ4v) is 9.94. The van der Waals surface area contributed by atoms with E-state index in [1.807, 2.05) is 34.9 Å². The van der Waals surface area contributed by atoms with Crippen LogP contribution in [0.15, 0.2) is 48.2 Å². The molecule has 1 aliphatic carbocycles. The summed E-state index contributed by atoms with van der Waals surface area (Å²) in [5, 5.41) is 5.50. The van der Waals surface area contributed by atoms with E-state index in [2.05, 4.69) is 53.1 Å². The Balaban J connectivity index is 1.00. The molecule has 11 heteroatoms. The average Bonchev–Trinajstić information content (AvgIpc) is 3.67. The van der Waals surface area contributed by atoms with Crippen molar-refractivity contribution in [2.24, 2.45) is 11.8 Å². The van der Waals surface area contributed by atoms with Gasteiger partial charge in [0, 0.05) is 70.0 Å². The van der Waals surface area contributed by atoms with Gasteiger partial charge in [0.15, 0.2) is 12.5 Å². The molecule has 1 aromatic heterocycles. The number of hydrogen-bond acceptors (Lipinski definition) is 8. The third kappa shape index (κ3) is 10.9. The van der Waals surface area contributed by atoms with Crippen LogP contribution in [0.1, 0.15) is 106 Å². The van der Waals surface area contributed by atoms with Gasteiger partial charge in [-0.15, -0.1) is 0 Å². The number of hydrogen-bond donors (Lipinski definition) is 0. The molecule has 1 atom stereocenters. The maximum absolute atomic E-state index is 14.5. The Morgan fingerprint density at radius 2 is 1.59 bits per heavy atom. The number of fused-ring (bicyclic) bond motifs is 2. The van der Waals surface area contributed by atoms with Crippen LogP contribution in [0.2, 0.25) is 0 Å². The second-order valence-electron chi connectivity index (χ2n) is 17.7. The van der Waals surface area contributed by atoms with Gasteiger partial charge in [0.1, 0.15) is 0 Å². The second kappa shape index (κ2) is 20.3. The van der Waals surface area contributed by atoms with Crippen molar-refractivity contribution in [3.63, 3.8) is 0 Å². The predicted molar refractivity (Wildman–Crippen MR) is 231 cm³/mol. The molecule has 3 aliphatic heterocycles. The van der Waals surface area contributed by atoms with Crippen molar-refractivity contribution in [3.8, 4) is 0 Å². The van der Waals surface area contributed by atoms with Crippen LogP contribution in [0, 0.1) is 18.8 Å². The summed E-state index contributed by atoms with van der Waals surface area (Å²) >= 11 is 0. The third-order valence-corrected chi connectivity index (χ3v) is 13.5. The number of benzene rings is 2. The number of likely N-dealkylation sites (tertiary alicyclic amines) is 2. The number of piperazine rings is 1. The first-order valence-corrected chi connectivity index (χ1v) is 22.6. The molecular formula is C48H66N6O5. The molecule has 0 radical (unpaired) electrons. The van der Waals surface area contributed by atoms with Gasteiger partial charge in [-0.25, -0.2) is 4.68 Å². The maximum atomic E-state index is 14.5. The number of carbonyl (C=O) groups excluding carboxylic acids is 4. The number of Topliss-reactive ketones (excluding diaryl/α,β-unsaturated/α-hetero) is 1. The Kier molecular flexibility index (Phi) is 14.7. The van der Waals surface area contributed by atoms with E-state index >= 15 is 0 Å². The zero-order valence-electron chi connectivity index (χ0n) is 35.8. The zero-order chi connectivity index (χ0) is 41.3. The minimum atomic E-state index is -0.496. The summed E-state index contributed by atoms with van der Waals surface area (Å²) in [5.74, 6) is -0.307. The minimum Gasteiger partial charge on any atom is -0.442 e. The number of aryl methyl sites for hydroxylation is 1. The topological polar surface area (TPSA) is 108 Å². The summed E-state index contributed by atoms with van der Waals surface area (Å²) in [6.45, 7) is 10.8. The average molecular weight is 807 g/mol. The first kappa shape index (κ1) is 42.8. The predicted octanol–water partition coefficient (Wildman–Crippen LogP) is 6.83. The van der Waals surface area contributed by atoms with Crippen LogP contribution in [-0.4, -0.2) is 118 Å². The summed E-state index contributed by atoms with van der Waals surface area (Å²) in [6, 6.07) is 12.8. The van der Waals surface area contributed by atoms with Crippen LogP contribution in [-0.2, 0) is 43.5 Å². The smallest absolute Gasteiger partial charge is 0.307 e. The van der Waals surface area contributed by atoms with Crippen molar-refractivity contribution < 1.29 is 23.9 Å². The molecule has 2 aromatic carbocycles. The van der Waals surface area contributed by atoms with Crippen LogP contribution in [0.5, 0.6) is 0 Å². The Morgan fingerprint density at radius 3 is 2.36 bits per heavy atom. The molecule has 0 N–H and O–H groups in total. The fourth-order valence-electron chi connectivity index (χ4n) is 9.94. The van der Waals surface area contributed by atoms with Gasteiger partial charge in [-0.2, -0.15) is 5.10 Å². The monoisotopic (exact) mass is 807 g/mol. The molecule has 318 valence electrons. The van der Waals surface area contributed by atoms with E-state index in [1.54, 1.807) is 10.9 Å². The van der Waals surface area contributed by atoms with Gasteiger partial charge < -0.3 is 19.4 Å². The van der Waals surface area contributed by atoms with Crippen LogP contribution >= 0.6 is 0 Å². The lowest BCUT2D eigenvalue weighted by Crippen LogP contribution is -2.55. The molecule has 3 saturated heterocycles. The molecule has 59 heavy (non-hydrogen) atoms. The van der Waals surface area contributed by atoms with Gasteiger partial charge in [-0.1, -0.05) is 69.4 Å². The number of allylic oxidation sites excluding steroid dienone is 1. The zero-order valence-corrected chi connectivity index (χ0v) is 35.8. The van der Waals surface area contributed by atoms with Crippen molar-refractivity contribution in [2.75, 3.05) is 59.4 Å². The minimum absolute atomic E-state index is 0.00875. The van der Waals surface area contributed by atoms with Crippen LogP contribution in [0.3, 0.4) is 0 Å². The van der Waals surface area contributed by atoms with E-state index in [9.17, 15) is 19.2 Å². The molecule has 0 saturated carbocycles. The highest BCUT2D eigenvalue weighted by Crippen LogP contribution is 2.33. The molecule has 3 aromatic rings. The first-order valence-electron chi connectivity index (χ1n) is 22.6. The molecule has 0 unspecified atom stereocenters. The van der Waals surface area contributed by atoms with Gasteiger partial charge >= 0.3 is 5.97 Å². The van der Waals surface area contributed by atoms with Crippen LogP contribution in [0.25, 0.3) is 17.0 Å². The largest absolute Gasteiger partial charge is 0.442 e. The Labute approximate surface area is 351 Å². The van der Waals surface area contributed by atoms with E-state index in [-0.39, 0.29) is 42.6 Å². The summed E-state index contributed by atoms with van der Waals surface area (Å²) < 4.78 is 7.37. The molecule has 4 heterocycles. The number of nitrogens with zero attached hydrogens (tertiary/aromatic N) is 6. The van der Waals surface area contributed by atoms with Crippen molar-refractivity contribution in [2.45, 2.75) is 117 Å². The fraction of sp³-hybridized carbons (Fsp3) is 0.604. The van der Waals surface area contributed by atoms with E-state index in [1.165, 1.54) is 19.3 Å². The molecule has 0 bridgehead atoms. The molecule has 3 fully saturated rings. The lowest BCUT2D eigenvalue weighted by atomic mass is 9.80. The van der Waals surface area contributed by atoms with Gasteiger partial charge in [-0.3, -0.25) is 24.1 Å². The number of carbonyl (C=O) groups is 4. The van der Waals surface area contributed by atoms with Gasteiger partial charge in [0.2, 0.25) is 11.8 Å². The number of ether oxygens (including phenoxy) is 1. The van der Waals surface area contributed by atoms with Crippen molar-refractivity contribution in [1.82, 2.24) is 29.4 Å². The quantitative estimate of drug-likeness (QED) is 0.115. The Morgan fingerprint density at radius 1 is 0.864 bits per heavy atom. The number of aromatic nitrogens is 2. The molecule has 11 nitrogen and oxygen atoms in total. The summed E-state index contributed by atoms with van der Waals surface area (Å²) in [5.41, 5.74) is 5.98. The molecule has 2 amide bonds. The van der Waals surface area contributed by atoms with E-state index in [0.29, 0.717) is 51.5 Å². The maximum Gasteiger partial charge on any atom is 0.307 e. The number of amides is 2. The van der Waals surface area contributed by atoms with Gasteiger partial charge in [0.25, 0.3) is 0 Å². The Hall–Kier alpha value is -4.35. The van der Waals surface area contributed by atoms with Crippen LogP contribution in [0.4, 0.5) is 0 Å². The van der Waals surface area contributed by atoms with Crippen molar-refractivity contribution in [1.29, 1.82) is 0 Å². The SMILES string of the molecule is CCCCCCCCC(=O)OCn1ncc2cc(C[C@@H](CC(=O)N3CCC(C4=Cc5ccccc5CC4=O)CC3)C(=O)N3CCN(C4CCN(C)CC4)CC3)cc(C)c21. The summed E-state index contributed by atoms with van der Waals surface area (Å²) in [6.07, 6.45) is 15.8. The number of unbranched alkanes of at least 4 members (excludes halogenated alkanes) is 5. The first-order chi connectivity index (χ1) is 28.7. The number of esters is 1. The van der Waals surface area contributed by atoms with Crippen molar-refractivity contribution >= 4 is 40.5 Å². The van der Waals surface area contributed by atoms with E-state index in [0.717, 1.165) is 110 Å². The lowest BCUT2D eigenvalue weighted by Gasteiger charge is -2.43. The number of piperidine rings is 2.